The van der Waals surface area contributed by atoms with Crippen LogP contribution in [0, 0.1) is 0 Å². The molecule has 0 radical (unpaired) electrons. The molecule has 0 bridgehead atoms. The van der Waals surface area contributed by atoms with Crippen LogP contribution in [0.1, 0.15) is 0 Å². The summed E-state index contributed by atoms with van der Waals surface area (Å²) >= 11 is 19.5. The van der Waals surface area contributed by atoms with Crippen LogP contribution < -0.4 is 21.3 Å². The lowest BCUT2D eigenvalue weighted by Gasteiger charge is -2.15. The number of halogens is 2. The quantitative estimate of drug-likeness (QED) is 0.422. The third-order valence-corrected chi connectivity index (χ3v) is 2.63. The van der Waals surface area contributed by atoms with Gasteiger partial charge in [0.1, 0.15) is 0 Å². The van der Waals surface area contributed by atoms with Gasteiger partial charge in [-0.2, -0.15) is 0 Å². The highest BCUT2D eigenvalue weighted by molar-refractivity contribution is 7.80. The van der Waals surface area contributed by atoms with Gasteiger partial charge in [-0.15, -0.1) is 23.2 Å². The largest absolute Gasteiger partial charge is 0.453 e. The first-order chi connectivity index (χ1) is 11.9. The molecule has 0 fully saturated rings. The molecule has 0 saturated heterocycles. The number of ether oxygens (including phenoxy) is 2. The Morgan fingerprint density at radius 1 is 0.920 bits per heavy atom. The van der Waals surface area contributed by atoms with Crippen molar-refractivity contribution in [2.75, 3.05) is 30.2 Å². The fourth-order valence-corrected chi connectivity index (χ4v) is 1.68. The monoisotopic (exact) mass is 426 g/mol. The summed E-state index contributed by atoms with van der Waals surface area (Å²) in [4.78, 5) is 22.1. The summed E-state index contributed by atoms with van der Waals surface area (Å²) in [6, 6.07) is 6.92. The molecule has 0 unspecified atom stereocenters. The van der Waals surface area contributed by atoms with Gasteiger partial charge in [0.25, 0.3) is 0 Å². The van der Waals surface area contributed by atoms with E-state index in [9.17, 15) is 9.59 Å². The molecule has 0 saturated carbocycles. The van der Waals surface area contributed by atoms with E-state index >= 15 is 0 Å². The molecular weight excluding hydrogens is 411 g/mol. The number of amides is 2. The minimum absolute atomic E-state index is 0.0490. The van der Waals surface area contributed by atoms with E-state index in [4.69, 9.17) is 47.6 Å². The van der Waals surface area contributed by atoms with Crippen LogP contribution in [0.25, 0.3) is 0 Å². The van der Waals surface area contributed by atoms with Gasteiger partial charge in [0.2, 0.25) is 0 Å². The standard InChI is InChI=1S/C12H14N4O4S2.CH2Cl2/c1-19-11(17)15-9(21)13-7-5-3-4-6-8(7)14-10(22)16-12(18)20-2;2-1-3/h3-6H,1-2H3,(H2,13,15,17,21)(H2,14,16,18,22);1H2. The van der Waals surface area contributed by atoms with Crippen molar-refractivity contribution in [3.63, 3.8) is 0 Å². The Bertz CT molecular complexity index is 568. The van der Waals surface area contributed by atoms with Gasteiger partial charge >= 0.3 is 12.2 Å². The number of thiocarbonyl (C=S) groups is 2. The number of hydrogen-bond acceptors (Lipinski definition) is 6. The summed E-state index contributed by atoms with van der Waals surface area (Å²) in [6.07, 6.45) is -1.38. The molecule has 1 aromatic carbocycles. The number of alkyl carbamates (subject to hydrolysis) is 2. The van der Waals surface area contributed by atoms with Crippen LogP contribution in [0.15, 0.2) is 24.3 Å². The summed E-state index contributed by atoms with van der Waals surface area (Å²) in [5.41, 5.74) is 1.08. The predicted octanol–water partition coefficient (Wildman–Crippen LogP) is 3.21. The maximum atomic E-state index is 11.1. The number of benzene rings is 1. The molecule has 1 rings (SSSR count). The number of carbonyl (C=O) groups is 2. The SMILES string of the molecule is COC(=O)NC(=S)Nc1ccccc1NC(=S)NC(=O)OC.ClCCl. The average molecular weight is 427 g/mol. The number of carbonyl (C=O) groups excluding carboxylic acids is 2. The second-order valence-corrected chi connectivity index (χ2v) is 5.41. The first-order valence-electron chi connectivity index (χ1n) is 6.40. The number of methoxy groups -OCH3 is 2. The summed E-state index contributed by atoms with van der Waals surface area (Å²) in [5.74, 6) is 0. The summed E-state index contributed by atoms with van der Waals surface area (Å²) in [6.45, 7) is 0. The first-order valence-corrected chi connectivity index (χ1v) is 8.29. The van der Waals surface area contributed by atoms with Crippen molar-refractivity contribution in [2.45, 2.75) is 0 Å². The van der Waals surface area contributed by atoms with Gasteiger partial charge in [0.15, 0.2) is 10.2 Å². The molecule has 12 heteroatoms. The summed E-state index contributed by atoms with van der Waals surface area (Å²) < 4.78 is 8.87. The molecule has 0 aliphatic heterocycles. The van der Waals surface area contributed by atoms with Crippen molar-refractivity contribution >= 4 is 81.4 Å². The van der Waals surface area contributed by atoms with Gasteiger partial charge in [-0.1, -0.05) is 12.1 Å². The molecule has 0 heterocycles. The molecule has 0 spiro atoms. The first kappa shape index (κ1) is 23.1. The van der Waals surface area contributed by atoms with Crippen molar-refractivity contribution in [3.8, 4) is 0 Å². The molecule has 4 N–H and O–H groups in total. The van der Waals surface area contributed by atoms with Crippen molar-refractivity contribution in [1.29, 1.82) is 0 Å². The molecule has 138 valence electrons. The highest BCUT2D eigenvalue weighted by Gasteiger charge is 2.09. The number of anilines is 2. The van der Waals surface area contributed by atoms with Crippen LogP contribution in [-0.4, -0.2) is 42.0 Å². The zero-order chi connectivity index (χ0) is 19.2. The Morgan fingerprint density at radius 2 is 1.24 bits per heavy atom. The zero-order valence-corrected chi connectivity index (χ0v) is 16.4. The molecule has 0 aliphatic rings. The molecule has 8 nitrogen and oxygen atoms in total. The van der Waals surface area contributed by atoms with E-state index in [1.165, 1.54) is 14.2 Å². The number of alkyl halides is 2. The summed E-state index contributed by atoms with van der Waals surface area (Å²) in [5, 5.41) is 10.5. The van der Waals surface area contributed by atoms with Crippen molar-refractivity contribution in [2.24, 2.45) is 0 Å². The van der Waals surface area contributed by atoms with E-state index in [0.717, 1.165) is 0 Å². The van der Waals surface area contributed by atoms with Gasteiger partial charge in [-0.05, 0) is 36.6 Å². The van der Waals surface area contributed by atoms with E-state index in [-0.39, 0.29) is 15.6 Å². The number of rotatable bonds is 2. The summed E-state index contributed by atoms with van der Waals surface area (Å²) in [7, 11) is 2.45. The molecule has 1 aromatic rings. The molecule has 0 atom stereocenters. The van der Waals surface area contributed by atoms with Crippen LogP contribution in [0.5, 0.6) is 0 Å². The van der Waals surface area contributed by atoms with Crippen LogP contribution in [0.2, 0.25) is 0 Å². The third-order valence-electron chi connectivity index (χ3n) is 2.23. The van der Waals surface area contributed by atoms with Gasteiger partial charge in [0, 0.05) is 0 Å². The lowest BCUT2D eigenvalue weighted by atomic mass is 10.2. The Hall–Kier alpha value is -1.88. The molecule has 25 heavy (non-hydrogen) atoms. The average Bonchev–Trinajstić information content (AvgIpc) is 2.56. The Labute approximate surface area is 165 Å². The van der Waals surface area contributed by atoms with Gasteiger partial charge < -0.3 is 20.1 Å². The fraction of sp³-hybridized carbons (Fsp3) is 0.231. The topological polar surface area (TPSA) is 101 Å². The normalized spacial score (nSPS) is 8.80. The smallest absolute Gasteiger partial charge is 0.413 e. The van der Waals surface area contributed by atoms with Crippen LogP contribution in [-0.2, 0) is 9.47 Å². The number of hydrogen-bond donors (Lipinski definition) is 4. The molecule has 0 aromatic heterocycles. The van der Waals surface area contributed by atoms with E-state index in [2.05, 4.69) is 30.7 Å². The molecule has 0 aliphatic carbocycles. The van der Waals surface area contributed by atoms with E-state index in [1.54, 1.807) is 24.3 Å². The minimum Gasteiger partial charge on any atom is -0.453 e. The Balaban J connectivity index is 0.00000178. The Kier molecular flexibility index (Phi) is 12.4. The van der Waals surface area contributed by atoms with Crippen molar-refractivity contribution < 1.29 is 19.1 Å². The maximum absolute atomic E-state index is 11.1. The van der Waals surface area contributed by atoms with Gasteiger partial charge in [0.05, 0.1) is 30.9 Å². The number of para-hydroxylation sites is 2. The molecular formula is C13H16Cl2N4O4S2. The lowest BCUT2D eigenvalue weighted by Crippen LogP contribution is -2.35. The third kappa shape index (κ3) is 10.6. The van der Waals surface area contributed by atoms with Crippen LogP contribution in [0.3, 0.4) is 0 Å². The van der Waals surface area contributed by atoms with Crippen molar-refractivity contribution in [3.05, 3.63) is 24.3 Å². The van der Waals surface area contributed by atoms with E-state index < -0.39 is 12.2 Å². The Morgan fingerprint density at radius 3 is 1.52 bits per heavy atom. The van der Waals surface area contributed by atoms with Crippen LogP contribution >= 0.6 is 47.6 Å². The van der Waals surface area contributed by atoms with E-state index in [0.29, 0.717) is 11.4 Å². The van der Waals surface area contributed by atoms with Crippen molar-refractivity contribution in [1.82, 2.24) is 10.6 Å². The van der Waals surface area contributed by atoms with Crippen LogP contribution in [0.4, 0.5) is 21.0 Å². The second-order valence-electron chi connectivity index (χ2n) is 3.79. The highest BCUT2D eigenvalue weighted by atomic mass is 35.5. The second kappa shape index (κ2) is 13.4. The number of nitrogens with one attached hydrogen (secondary N) is 4. The fourth-order valence-electron chi connectivity index (χ4n) is 1.30. The lowest BCUT2D eigenvalue weighted by molar-refractivity contribution is 0.176. The van der Waals surface area contributed by atoms with Gasteiger partial charge in [-0.25, -0.2) is 9.59 Å². The zero-order valence-electron chi connectivity index (χ0n) is 13.2. The minimum atomic E-state index is -0.689. The molecule has 2 amide bonds. The maximum Gasteiger partial charge on any atom is 0.413 e. The van der Waals surface area contributed by atoms with Gasteiger partial charge in [-0.3, -0.25) is 10.6 Å². The van der Waals surface area contributed by atoms with E-state index in [1.807, 2.05) is 0 Å². The predicted molar refractivity (Wildman–Crippen MR) is 107 cm³/mol. The highest BCUT2D eigenvalue weighted by Crippen LogP contribution is 2.20.